The average molecular weight is 187 g/mol. The van der Waals surface area contributed by atoms with Crippen LogP contribution in [0, 0.1) is 12.8 Å². The molecule has 1 aromatic heterocycles. The molecule has 5 heteroatoms. The summed E-state index contributed by atoms with van der Waals surface area (Å²) in [6.07, 6.45) is 0. The van der Waals surface area contributed by atoms with Crippen LogP contribution in [0.5, 0.6) is 0 Å². The van der Waals surface area contributed by atoms with Gasteiger partial charge < -0.3 is 4.90 Å². The number of hydrogen-bond donors (Lipinski definition) is 0. The maximum absolute atomic E-state index is 12.1. The molecular formula is C7H10FN3S. The maximum Gasteiger partial charge on any atom is 0.205 e. The highest BCUT2D eigenvalue weighted by Crippen LogP contribution is 2.25. The lowest BCUT2D eigenvalue weighted by molar-refractivity contribution is 0.306. The number of halogens is 1. The minimum Gasteiger partial charge on any atom is -0.346 e. The smallest absolute Gasteiger partial charge is 0.205 e. The van der Waals surface area contributed by atoms with E-state index in [0.29, 0.717) is 0 Å². The second-order valence-electron chi connectivity index (χ2n) is 3.05. The minimum absolute atomic E-state index is 0.214. The zero-order valence-corrected chi connectivity index (χ0v) is 7.64. The summed E-state index contributed by atoms with van der Waals surface area (Å²) in [5, 5.41) is 0.928. The third-order valence-electron chi connectivity index (χ3n) is 1.96. The predicted octanol–water partition coefficient (Wildman–Crippen LogP) is 1.25. The van der Waals surface area contributed by atoms with Crippen molar-refractivity contribution in [3.8, 4) is 0 Å². The fourth-order valence-electron chi connectivity index (χ4n) is 1.24. The van der Waals surface area contributed by atoms with Gasteiger partial charge in [-0.1, -0.05) is 0 Å². The molecule has 0 atom stereocenters. The summed E-state index contributed by atoms with van der Waals surface area (Å²) in [6, 6.07) is 0. The summed E-state index contributed by atoms with van der Waals surface area (Å²) < 4.78 is 16.1. The van der Waals surface area contributed by atoms with Crippen LogP contribution in [0.2, 0.25) is 0 Å². The summed E-state index contributed by atoms with van der Waals surface area (Å²) >= 11 is 1.39. The van der Waals surface area contributed by atoms with E-state index in [1.807, 2.05) is 6.92 Å². The third-order valence-corrected chi connectivity index (χ3v) is 2.83. The number of nitrogens with zero attached hydrogens (tertiary/aromatic N) is 3. The second kappa shape index (κ2) is 2.97. The highest BCUT2D eigenvalue weighted by molar-refractivity contribution is 7.09. The Kier molecular flexibility index (Phi) is 1.96. The van der Waals surface area contributed by atoms with Crippen molar-refractivity contribution in [2.45, 2.75) is 6.92 Å². The number of anilines is 1. The van der Waals surface area contributed by atoms with Gasteiger partial charge in [0.25, 0.3) is 0 Å². The quantitative estimate of drug-likeness (QED) is 0.697. The number of rotatable bonds is 2. The Morgan fingerprint density at radius 2 is 2.42 bits per heavy atom. The normalized spacial score (nSPS) is 18.0. The monoisotopic (exact) mass is 187 g/mol. The molecule has 66 valence electrons. The number of alkyl halides is 1. The zero-order valence-electron chi connectivity index (χ0n) is 6.83. The molecule has 0 bridgehead atoms. The molecule has 1 aromatic rings. The Hall–Kier alpha value is -0.710. The topological polar surface area (TPSA) is 29.0 Å². The van der Waals surface area contributed by atoms with Gasteiger partial charge >= 0.3 is 0 Å². The van der Waals surface area contributed by atoms with Gasteiger partial charge in [-0.3, -0.25) is 4.39 Å². The van der Waals surface area contributed by atoms with Crippen LogP contribution in [0.4, 0.5) is 9.52 Å². The van der Waals surface area contributed by atoms with E-state index in [0.717, 1.165) is 24.0 Å². The van der Waals surface area contributed by atoms with Crippen molar-refractivity contribution >= 4 is 16.7 Å². The Labute approximate surface area is 74.4 Å². The first-order chi connectivity index (χ1) is 5.79. The molecule has 1 aliphatic heterocycles. The summed E-state index contributed by atoms with van der Waals surface area (Å²) in [5.74, 6) is 1.02. The third kappa shape index (κ3) is 1.29. The van der Waals surface area contributed by atoms with E-state index in [-0.39, 0.29) is 12.6 Å². The fourth-order valence-corrected chi connectivity index (χ4v) is 1.93. The highest BCUT2D eigenvalue weighted by atomic mass is 32.1. The van der Waals surface area contributed by atoms with Crippen LogP contribution in [0.1, 0.15) is 5.82 Å². The van der Waals surface area contributed by atoms with E-state index in [4.69, 9.17) is 0 Å². The molecule has 2 heterocycles. The van der Waals surface area contributed by atoms with Gasteiger partial charge in [0.15, 0.2) is 0 Å². The Morgan fingerprint density at radius 3 is 2.92 bits per heavy atom. The highest BCUT2D eigenvalue weighted by Gasteiger charge is 2.28. The number of aryl methyl sites for hydroxylation is 1. The van der Waals surface area contributed by atoms with Crippen molar-refractivity contribution in [2.75, 3.05) is 24.7 Å². The largest absolute Gasteiger partial charge is 0.346 e. The van der Waals surface area contributed by atoms with Gasteiger partial charge in [-0.25, -0.2) is 4.98 Å². The molecule has 1 aliphatic rings. The van der Waals surface area contributed by atoms with Gasteiger partial charge in [-0.15, -0.1) is 0 Å². The molecule has 0 saturated carbocycles. The van der Waals surface area contributed by atoms with Crippen LogP contribution >= 0.6 is 11.5 Å². The summed E-state index contributed by atoms with van der Waals surface area (Å²) in [6.45, 7) is 3.25. The Bertz CT molecular complexity index is 269. The van der Waals surface area contributed by atoms with Crippen molar-refractivity contribution < 1.29 is 4.39 Å². The molecule has 0 aliphatic carbocycles. The van der Waals surface area contributed by atoms with Gasteiger partial charge in [-0.05, 0) is 6.92 Å². The van der Waals surface area contributed by atoms with E-state index in [9.17, 15) is 4.39 Å². The van der Waals surface area contributed by atoms with Crippen LogP contribution in [0.15, 0.2) is 0 Å². The van der Waals surface area contributed by atoms with E-state index >= 15 is 0 Å². The maximum atomic E-state index is 12.1. The number of hydrogen-bond acceptors (Lipinski definition) is 4. The van der Waals surface area contributed by atoms with Crippen molar-refractivity contribution in [1.82, 2.24) is 9.36 Å². The molecule has 0 spiro atoms. The van der Waals surface area contributed by atoms with Crippen LogP contribution in [0.25, 0.3) is 0 Å². The van der Waals surface area contributed by atoms with Gasteiger partial charge in [0, 0.05) is 30.5 Å². The molecule has 1 saturated heterocycles. The lowest BCUT2D eigenvalue weighted by Gasteiger charge is -2.37. The molecule has 2 rings (SSSR count). The van der Waals surface area contributed by atoms with Crippen molar-refractivity contribution in [2.24, 2.45) is 5.92 Å². The zero-order chi connectivity index (χ0) is 8.55. The Balaban J connectivity index is 1.96. The van der Waals surface area contributed by atoms with Crippen LogP contribution in [0.3, 0.4) is 0 Å². The summed E-state index contributed by atoms with van der Waals surface area (Å²) in [7, 11) is 0. The first-order valence-electron chi connectivity index (χ1n) is 3.91. The first-order valence-corrected chi connectivity index (χ1v) is 4.68. The van der Waals surface area contributed by atoms with Gasteiger partial charge in [0.05, 0.1) is 6.67 Å². The lowest BCUT2D eigenvalue weighted by Crippen LogP contribution is -2.47. The number of aromatic nitrogens is 2. The molecular weight excluding hydrogens is 177 g/mol. The van der Waals surface area contributed by atoms with E-state index in [2.05, 4.69) is 14.3 Å². The summed E-state index contributed by atoms with van der Waals surface area (Å²) in [5.41, 5.74) is 0. The van der Waals surface area contributed by atoms with Gasteiger partial charge in [0.2, 0.25) is 5.13 Å². The molecule has 0 amide bonds. The first kappa shape index (κ1) is 7.91. The summed E-state index contributed by atoms with van der Waals surface area (Å²) in [4.78, 5) is 6.28. The molecule has 0 N–H and O–H groups in total. The fraction of sp³-hybridized carbons (Fsp3) is 0.714. The molecule has 1 fully saturated rings. The van der Waals surface area contributed by atoms with Crippen molar-refractivity contribution in [3.63, 3.8) is 0 Å². The van der Waals surface area contributed by atoms with Crippen LogP contribution in [-0.4, -0.2) is 29.1 Å². The van der Waals surface area contributed by atoms with Crippen molar-refractivity contribution in [3.05, 3.63) is 5.82 Å². The molecule has 0 unspecified atom stereocenters. The van der Waals surface area contributed by atoms with Gasteiger partial charge in [0.1, 0.15) is 5.82 Å². The molecule has 12 heavy (non-hydrogen) atoms. The average Bonchev–Trinajstić information content (AvgIpc) is 2.34. The molecule has 0 aromatic carbocycles. The van der Waals surface area contributed by atoms with Crippen molar-refractivity contribution in [1.29, 1.82) is 0 Å². The molecule has 3 nitrogen and oxygen atoms in total. The van der Waals surface area contributed by atoms with Gasteiger partial charge in [-0.2, -0.15) is 4.37 Å². The second-order valence-corrected chi connectivity index (χ2v) is 3.78. The minimum atomic E-state index is -0.214. The van der Waals surface area contributed by atoms with Crippen LogP contribution < -0.4 is 4.90 Å². The van der Waals surface area contributed by atoms with E-state index in [1.165, 1.54) is 11.5 Å². The van der Waals surface area contributed by atoms with E-state index < -0.39 is 0 Å². The standard InChI is InChI=1S/C7H10FN3S/c1-5-9-7(12-10-5)11-3-6(2-8)4-11/h6H,2-4H2,1H3. The van der Waals surface area contributed by atoms with Crippen LogP contribution in [-0.2, 0) is 0 Å². The predicted molar refractivity (Wildman–Crippen MR) is 46.3 cm³/mol. The lowest BCUT2D eigenvalue weighted by atomic mass is 10.0. The Morgan fingerprint density at radius 1 is 1.67 bits per heavy atom. The molecule has 0 radical (unpaired) electrons. The van der Waals surface area contributed by atoms with E-state index in [1.54, 1.807) is 0 Å². The SMILES string of the molecule is Cc1nsc(N2CC(CF)C2)n1.